The number of likely N-dealkylation sites (N-methyl/N-ethyl adjacent to an activating group) is 1. The minimum atomic E-state index is -0.239. The first-order valence-electron chi connectivity index (χ1n) is 5.77. The number of carbonyl (C=O) groups excluding carboxylic acids is 1. The van der Waals surface area contributed by atoms with E-state index in [9.17, 15) is 4.79 Å². The van der Waals surface area contributed by atoms with Gasteiger partial charge in [-0.05, 0) is 25.0 Å². The van der Waals surface area contributed by atoms with Gasteiger partial charge in [0.25, 0.3) is 0 Å². The van der Waals surface area contributed by atoms with Gasteiger partial charge in [-0.3, -0.25) is 4.79 Å². The number of hydrogen-bond donors (Lipinski definition) is 2. The Bertz CT molecular complexity index is 503. The van der Waals surface area contributed by atoms with Gasteiger partial charge in [-0.1, -0.05) is 12.2 Å². The van der Waals surface area contributed by atoms with Crippen LogP contribution in [0.25, 0.3) is 0 Å². The van der Waals surface area contributed by atoms with Crippen LogP contribution in [0.1, 0.15) is 17.5 Å². The van der Waals surface area contributed by atoms with Crippen molar-refractivity contribution in [1.82, 2.24) is 9.88 Å². The molecule has 0 spiro atoms. The Morgan fingerprint density at radius 2 is 2.39 bits per heavy atom. The summed E-state index contributed by atoms with van der Waals surface area (Å²) >= 11 is 5.03. The zero-order valence-corrected chi connectivity index (χ0v) is 11.3. The van der Waals surface area contributed by atoms with Gasteiger partial charge >= 0.3 is 0 Å². The van der Waals surface area contributed by atoms with E-state index in [2.05, 4.69) is 10.3 Å². The molecule has 0 aromatic carbocycles. The van der Waals surface area contributed by atoms with E-state index in [0.717, 1.165) is 24.1 Å². The smallest absolute Gasteiger partial charge is 0.244 e. The van der Waals surface area contributed by atoms with E-state index >= 15 is 0 Å². The number of nitrogens with one attached hydrogen (secondary N) is 1. The molecule has 1 unspecified atom stereocenters. The first kappa shape index (κ1) is 12.8. The summed E-state index contributed by atoms with van der Waals surface area (Å²) in [6, 6.07) is 1.61. The average molecular weight is 264 g/mol. The average Bonchev–Trinajstić information content (AvgIpc) is 2.60. The zero-order valence-electron chi connectivity index (χ0n) is 10.4. The molecule has 1 aromatic rings. The van der Waals surface area contributed by atoms with Crippen LogP contribution in [0.5, 0.6) is 0 Å². The molecule has 0 aliphatic carbocycles. The van der Waals surface area contributed by atoms with Crippen LogP contribution in [0, 0.1) is 6.92 Å². The van der Waals surface area contributed by atoms with E-state index in [1.165, 1.54) is 0 Å². The SMILES string of the molecule is Cc1ccnc(NC2CCN(C)C2=O)c1C(N)=S. The number of rotatable bonds is 3. The van der Waals surface area contributed by atoms with Crippen molar-refractivity contribution in [3.63, 3.8) is 0 Å². The summed E-state index contributed by atoms with van der Waals surface area (Å²) < 4.78 is 0. The zero-order chi connectivity index (χ0) is 13.3. The van der Waals surface area contributed by atoms with Crippen LogP contribution >= 0.6 is 12.2 Å². The number of anilines is 1. The van der Waals surface area contributed by atoms with Crippen molar-refractivity contribution < 1.29 is 4.79 Å². The van der Waals surface area contributed by atoms with E-state index in [0.29, 0.717) is 10.8 Å². The van der Waals surface area contributed by atoms with Crippen molar-refractivity contribution in [3.8, 4) is 0 Å². The Morgan fingerprint density at radius 3 is 2.94 bits per heavy atom. The summed E-state index contributed by atoms with van der Waals surface area (Å²) in [4.78, 5) is 18.1. The molecule has 1 atom stereocenters. The van der Waals surface area contributed by atoms with Gasteiger partial charge in [0.1, 0.15) is 16.8 Å². The molecule has 1 amide bonds. The van der Waals surface area contributed by atoms with Crippen molar-refractivity contribution >= 4 is 28.9 Å². The number of aryl methyl sites for hydroxylation is 1. The summed E-state index contributed by atoms with van der Waals surface area (Å²) in [7, 11) is 1.79. The topological polar surface area (TPSA) is 71.2 Å². The van der Waals surface area contributed by atoms with Gasteiger partial charge in [0.05, 0.1) is 5.56 Å². The van der Waals surface area contributed by atoms with Crippen molar-refractivity contribution in [3.05, 3.63) is 23.4 Å². The molecular formula is C12H16N4OS. The van der Waals surface area contributed by atoms with Gasteiger partial charge in [-0.25, -0.2) is 4.98 Å². The number of nitrogens with zero attached hydrogens (tertiary/aromatic N) is 2. The van der Waals surface area contributed by atoms with Crippen LogP contribution < -0.4 is 11.1 Å². The van der Waals surface area contributed by atoms with Crippen molar-refractivity contribution in [2.45, 2.75) is 19.4 Å². The number of likely N-dealkylation sites (tertiary alicyclic amines) is 1. The molecule has 1 aliphatic rings. The van der Waals surface area contributed by atoms with Crippen LogP contribution in [0.2, 0.25) is 0 Å². The summed E-state index contributed by atoms with van der Waals surface area (Å²) in [5, 5.41) is 3.14. The van der Waals surface area contributed by atoms with E-state index in [4.69, 9.17) is 18.0 Å². The van der Waals surface area contributed by atoms with Crippen LogP contribution in [0.4, 0.5) is 5.82 Å². The fourth-order valence-electron chi connectivity index (χ4n) is 2.10. The monoisotopic (exact) mass is 264 g/mol. The molecule has 3 N–H and O–H groups in total. The van der Waals surface area contributed by atoms with E-state index in [-0.39, 0.29) is 11.9 Å². The second-order valence-electron chi connectivity index (χ2n) is 4.46. The van der Waals surface area contributed by atoms with Crippen LogP contribution in [0.3, 0.4) is 0 Å². The lowest BCUT2D eigenvalue weighted by atomic mass is 10.1. The summed E-state index contributed by atoms with van der Waals surface area (Å²) in [6.45, 7) is 2.68. The van der Waals surface area contributed by atoms with Crippen molar-refractivity contribution in [2.24, 2.45) is 5.73 Å². The molecule has 0 saturated carbocycles. The normalized spacial score (nSPS) is 19.1. The molecule has 0 bridgehead atoms. The number of nitrogens with two attached hydrogens (primary N) is 1. The van der Waals surface area contributed by atoms with Crippen molar-refractivity contribution in [1.29, 1.82) is 0 Å². The molecule has 2 heterocycles. The molecule has 1 aliphatic heterocycles. The summed E-state index contributed by atoms with van der Waals surface area (Å²) in [5.74, 6) is 0.670. The largest absolute Gasteiger partial charge is 0.389 e. The van der Waals surface area contributed by atoms with Gasteiger partial charge in [-0.2, -0.15) is 0 Å². The van der Waals surface area contributed by atoms with E-state index in [1.54, 1.807) is 18.1 Å². The number of pyridine rings is 1. The standard InChI is InChI=1S/C12H16N4OS/c1-7-3-5-14-11(9(7)10(13)18)15-8-4-6-16(2)12(8)17/h3,5,8H,4,6H2,1-2H3,(H2,13,18)(H,14,15). The Balaban J connectivity index is 2.27. The Kier molecular flexibility index (Phi) is 3.47. The van der Waals surface area contributed by atoms with E-state index in [1.807, 2.05) is 13.0 Å². The third-order valence-corrected chi connectivity index (χ3v) is 3.35. The second-order valence-corrected chi connectivity index (χ2v) is 4.90. The van der Waals surface area contributed by atoms with Crippen molar-refractivity contribution in [2.75, 3.05) is 18.9 Å². The third kappa shape index (κ3) is 2.28. The number of hydrogen-bond acceptors (Lipinski definition) is 4. The fraction of sp³-hybridized carbons (Fsp3) is 0.417. The first-order valence-corrected chi connectivity index (χ1v) is 6.18. The van der Waals surface area contributed by atoms with Crippen LogP contribution in [-0.4, -0.2) is 40.4 Å². The maximum absolute atomic E-state index is 11.8. The molecule has 2 rings (SSSR count). The highest BCUT2D eigenvalue weighted by Gasteiger charge is 2.29. The molecule has 1 saturated heterocycles. The lowest BCUT2D eigenvalue weighted by Crippen LogP contribution is -2.32. The third-order valence-electron chi connectivity index (χ3n) is 3.14. The van der Waals surface area contributed by atoms with Gasteiger partial charge in [0.2, 0.25) is 5.91 Å². The van der Waals surface area contributed by atoms with Crippen LogP contribution in [0.15, 0.2) is 12.3 Å². The number of aromatic nitrogens is 1. The molecule has 96 valence electrons. The summed E-state index contributed by atoms with van der Waals surface area (Å²) in [5.41, 5.74) is 7.38. The van der Waals surface area contributed by atoms with Gasteiger partial charge < -0.3 is 16.0 Å². The maximum atomic E-state index is 11.8. The van der Waals surface area contributed by atoms with Gasteiger partial charge in [-0.15, -0.1) is 0 Å². The highest BCUT2D eigenvalue weighted by molar-refractivity contribution is 7.80. The first-order chi connectivity index (χ1) is 8.50. The molecule has 1 aromatic heterocycles. The second kappa shape index (κ2) is 4.89. The Morgan fingerprint density at radius 1 is 1.67 bits per heavy atom. The number of carbonyl (C=O) groups is 1. The number of amides is 1. The molecule has 0 radical (unpaired) electrons. The molecule has 6 heteroatoms. The number of thiocarbonyl (C=S) groups is 1. The minimum absolute atomic E-state index is 0.0761. The quantitative estimate of drug-likeness (QED) is 0.785. The van der Waals surface area contributed by atoms with Gasteiger partial charge in [0.15, 0.2) is 0 Å². The summed E-state index contributed by atoms with van der Waals surface area (Å²) in [6.07, 6.45) is 2.45. The highest BCUT2D eigenvalue weighted by atomic mass is 32.1. The molecule has 5 nitrogen and oxygen atoms in total. The molecule has 18 heavy (non-hydrogen) atoms. The highest BCUT2D eigenvalue weighted by Crippen LogP contribution is 2.20. The predicted octanol–water partition coefficient (Wildman–Crippen LogP) is 0.667. The van der Waals surface area contributed by atoms with E-state index < -0.39 is 0 Å². The fourth-order valence-corrected chi connectivity index (χ4v) is 2.36. The van der Waals surface area contributed by atoms with Gasteiger partial charge in [0, 0.05) is 19.8 Å². The lowest BCUT2D eigenvalue weighted by Gasteiger charge is -2.16. The minimum Gasteiger partial charge on any atom is -0.389 e. The maximum Gasteiger partial charge on any atom is 0.244 e. The molecular weight excluding hydrogens is 248 g/mol. The molecule has 1 fully saturated rings. The Labute approximate surface area is 111 Å². The predicted molar refractivity (Wildman–Crippen MR) is 74.5 cm³/mol. The Hall–Kier alpha value is -1.69. The van der Waals surface area contributed by atoms with Crippen LogP contribution in [-0.2, 0) is 4.79 Å². The lowest BCUT2D eigenvalue weighted by molar-refractivity contribution is -0.127.